The molecule has 5 heteroatoms. The molecule has 0 radical (unpaired) electrons. The maximum atomic E-state index is 14.3. The Morgan fingerprint density at radius 3 is 2.32 bits per heavy atom. The fourth-order valence-electron chi connectivity index (χ4n) is 3.47. The summed E-state index contributed by atoms with van der Waals surface area (Å²) >= 11 is 6.25. The van der Waals surface area contributed by atoms with Gasteiger partial charge in [-0.2, -0.15) is 0 Å². The van der Waals surface area contributed by atoms with Crippen molar-refractivity contribution in [2.75, 3.05) is 6.61 Å². The molecule has 3 aromatic carbocycles. The Kier molecular flexibility index (Phi) is 5.52. The van der Waals surface area contributed by atoms with Crippen molar-refractivity contribution in [1.82, 2.24) is 4.67 Å². The maximum absolute atomic E-state index is 14.3. The van der Waals surface area contributed by atoms with Crippen molar-refractivity contribution in [3.05, 3.63) is 101 Å². The van der Waals surface area contributed by atoms with Crippen LogP contribution in [0.25, 0.3) is 11.8 Å². The van der Waals surface area contributed by atoms with Gasteiger partial charge < -0.3 is 4.89 Å². The lowest BCUT2D eigenvalue weighted by Crippen LogP contribution is -2.41. The van der Waals surface area contributed by atoms with Crippen molar-refractivity contribution in [3.63, 3.8) is 0 Å². The second-order valence-corrected chi connectivity index (χ2v) is 9.28. The van der Waals surface area contributed by atoms with Crippen LogP contribution in [-0.2, 0) is 11.1 Å². The van der Waals surface area contributed by atoms with Gasteiger partial charge in [0.15, 0.2) is 5.30 Å². The molecule has 1 atom stereocenters. The zero-order valence-electron chi connectivity index (χ0n) is 15.6. The molecular weight excluding hydrogens is 389 g/mol. The largest absolute Gasteiger partial charge is 0.633 e. The van der Waals surface area contributed by atoms with Gasteiger partial charge in [0.05, 0.1) is 18.8 Å². The zero-order chi connectivity index (χ0) is 19.6. The molecule has 0 aromatic heterocycles. The lowest BCUT2D eigenvalue weighted by molar-refractivity contribution is -0.199. The second kappa shape index (κ2) is 8.06. The predicted octanol–water partition coefficient (Wildman–Crippen LogP) is 5.14. The quantitative estimate of drug-likeness (QED) is 0.547. The fraction of sp³-hybridized carbons (Fsp3) is 0.130. The van der Waals surface area contributed by atoms with Crippen LogP contribution >= 0.6 is 19.5 Å². The number of hydrogen-bond acceptors (Lipinski definition) is 3. The van der Waals surface area contributed by atoms with Crippen LogP contribution in [0.1, 0.15) is 23.6 Å². The molecule has 1 aliphatic rings. The summed E-state index contributed by atoms with van der Waals surface area (Å²) in [5, 5.41) is 1.20. The Bertz CT molecular complexity index is 994. The summed E-state index contributed by atoms with van der Waals surface area (Å²) in [6.07, 6.45) is 2.07. The second-order valence-electron chi connectivity index (χ2n) is 6.58. The highest BCUT2D eigenvalue weighted by Gasteiger charge is 2.45. The van der Waals surface area contributed by atoms with E-state index in [4.69, 9.17) is 16.1 Å². The van der Waals surface area contributed by atoms with Crippen LogP contribution in [0.5, 0.6) is 0 Å². The van der Waals surface area contributed by atoms with Crippen LogP contribution in [0.3, 0.4) is 0 Å². The SMILES string of the molecule is CCO[P+]1([O-])c2cc(Cl)ccc2C=C(c2ccccc2)N1Cc1ccccc1. The molecule has 142 valence electrons. The lowest BCUT2D eigenvalue weighted by Gasteiger charge is -2.43. The predicted molar refractivity (Wildman–Crippen MR) is 116 cm³/mol. The summed E-state index contributed by atoms with van der Waals surface area (Å²) in [6.45, 7) is 2.69. The van der Waals surface area contributed by atoms with Crippen molar-refractivity contribution in [1.29, 1.82) is 0 Å². The third-order valence-electron chi connectivity index (χ3n) is 4.73. The van der Waals surface area contributed by atoms with Crippen LogP contribution < -0.4 is 10.2 Å². The van der Waals surface area contributed by atoms with Crippen LogP contribution in [0.2, 0.25) is 5.02 Å². The molecule has 0 N–H and O–H groups in total. The molecule has 0 saturated heterocycles. The Morgan fingerprint density at radius 1 is 0.964 bits per heavy atom. The van der Waals surface area contributed by atoms with Gasteiger partial charge in [0.25, 0.3) is 0 Å². The van der Waals surface area contributed by atoms with E-state index in [0.29, 0.717) is 23.5 Å². The third-order valence-corrected chi connectivity index (χ3v) is 7.57. The van der Waals surface area contributed by atoms with Gasteiger partial charge in [0.1, 0.15) is 0 Å². The van der Waals surface area contributed by atoms with E-state index in [2.05, 4.69) is 6.08 Å². The van der Waals surface area contributed by atoms with E-state index in [1.54, 1.807) is 6.07 Å². The first-order valence-electron chi connectivity index (χ1n) is 9.25. The molecule has 4 rings (SSSR count). The minimum absolute atomic E-state index is 0.344. The smallest absolute Gasteiger partial charge is 0.231 e. The van der Waals surface area contributed by atoms with Crippen molar-refractivity contribution in [2.45, 2.75) is 13.5 Å². The van der Waals surface area contributed by atoms with Gasteiger partial charge in [0.2, 0.25) is 7.87 Å². The summed E-state index contributed by atoms with van der Waals surface area (Å²) in [5.74, 6) is 0. The number of hydrogen-bond donors (Lipinski definition) is 0. The molecule has 1 heterocycles. The van der Waals surface area contributed by atoms with Gasteiger partial charge >= 0.3 is 0 Å². The van der Waals surface area contributed by atoms with E-state index in [-0.39, 0.29) is 0 Å². The highest BCUT2D eigenvalue weighted by atomic mass is 35.5. The fourth-order valence-corrected chi connectivity index (χ4v) is 6.18. The summed E-state index contributed by atoms with van der Waals surface area (Å²) in [6, 6.07) is 25.5. The maximum Gasteiger partial charge on any atom is 0.231 e. The topological polar surface area (TPSA) is 35.5 Å². The lowest BCUT2D eigenvalue weighted by atomic mass is 10.1. The summed E-state index contributed by atoms with van der Waals surface area (Å²) < 4.78 is 7.87. The first-order valence-corrected chi connectivity index (χ1v) is 11.2. The van der Waals surface area contributed by atoms with E-state index in [1.165, 1.54) is 0 Å². The van der Waals surface area contributed by atoms with Gasteiger partial charge in [-0.25, -0.2) is 9.19 Å². The molecule has 1 unspecified atom stereocenters. The summed E-state index contributed by atoms with van der Waals surface area (Å²) in [7, 11) is -3.35. The van der Waals surface area contributed by atoms with E-state index in [9.17, 15) is 4.89 Å². The summed E-state index contributed by atoms with van der Waals surface area (Å²) in [5.41, 5.74) is 3.83. The first kappa shape index (κ1) is 19.2. The highest BCUT2D eigenvalue weighted by Crippen LogP contribution is 2.61. The van der Waals surface area contributed by atoms with E-state index in [1.807, 2.05) is 84.4 Å². The normalized spacial score (nSPS) is 18.5. The molecular formula is C23H21ClNO2P. The van der Waals surface area contributed by atoms with Gasteiger partial charge in [-0.05, 0) is 30.7 Å². The molecule has 1 aliphatic heterocycles. The Morgan fingerprint density at radius 2 is 1.64 bits per heavy atom. The first-order chi connectivity index (χ1) is 13.6. The van der Waals surface area contributed by atoms with E-state index >= 15 is 0 Å². The average Bonchev–Trinajstić information content (AvgIpc) is 2.72. The molecule has 0 spiro atoms. The molecule has 0 bridgehead atoms. The van der Waals surface area contributed by atoms with Crippen LogP contribution in [0.15, 0.2) is 78.9 Å². The van der Waals surface area contributed by atoms with Gasteiger partial charge in [-0.3, -0.25) is 0 Å². The van der Waals surface area contributed by atoms with Crippen molar-refractivity contribution in [3.8, 4) is 0 Å². The van der Waals surface area contributed by atoms with Crippen molar-refractivity contribution in [2.24, 2.45) is 0 Å². The minimum Gasteiger partial charge on any atom is -0.633 e. The Balaban J connectivity index is 1.91. The molecule has 0 aliphatic carbocycles. The zero-order valence-corrected chi connectivity index (χ0v) is 17.2. The number of nitrogens with zero attached hydrogens (tertiary/aromatic N) is 1. The number of benzene rings is 3. The molecule has 0 amide bonds. The van der Waals surface area contributed by atoms with Gasteiger partial charge in [-0.1, -0.05) is 72.3 Å². The monoisotopic (exact) mass is 409 g/mol. The molecule has 3 nitrogen and oxygen atoms in total. The van der Waals surface area contributed by atoms with Crippen LogP contribution in [0, 0.1) is 0 Å². The van der Waals surface area contributed by atoms with Crippen LogP contribution in [-0.4, -0.2) is 11.3 Å². The number of halogens is 1. The number of rotatable bonds is 5. The van der Waals surface area contributed by atoms with Gasteiger partial charge in [0, 0.05) is 22.2 Å². The molecule has 3 aromatic rings. The van der Waals surface area contributed by atoms with Crippen molar-refractivity contribution < 1.29 is 9.42 Å². The van der Waals surface area contributed by atoms with E-state index in [0.717, 1.165) is 22.4 Å². The Labute approximate surface area is 171 Å². The molecule has 0 saturated carbocycles. The average molecular weight is 410 g/mol. The standard InChI is InChI=1S/C23H21ClNO2P/c1-2-27-28(26)23-16-21(24)14-13-20(23)15-22(19-11-7-4-8-12-19)25(28)17-18-9-5-3-6-10-18/h3-16H,2,17H2,1H3. The third kappa shape index (κ3) is 3.59. The molecule has 28 heavy (non-hydrogen) atoms. The van der Waals surface area contributed by atoms with Gasteiger partial charge in [-0.15, -0.1) is 0 Å². The number of fused-ring (bicyclic) bond motifs is 1. The Hall–Kier alpha value is -2.16. The minimum atomic E-state index is -3.35. The highest BCUT2D eigenvalue weighted by molar-refractivity contribution is 7.70. The molecule has 0 fully saturated rings. The summed E-state index contributed by atoms with van der Waals surface area (Å²) in [4.78, 5) is 14.3. The van der Waals surface area contributed by atoms with Crippen LogP contribution in [0.4, 0.5) is 0 Å². The van der Waals surface area contributed by atoms with E-state index < -0.39 is 7.87 Å². The van der Waals surface area contributed by atoms with Crippen molar-refractivity contribution >= 4 is 36.5 Å².